The van der Waals surface area contributed by atoms with Crippen LogP contribution in [0.1, 0.15) is 96.0 Å². The predicted octanol–water partition coefficient (Wildman–Crippen LogP) is 8.60. The van der Waals surface area contributed by atoms with Crippen LogP contribution in [0.2, 0.25) is 0 Å². The molecule has 1 heterocycles. The Kier molecular flexibility index (Phi) is 14.0. The third-order valence-corrected chi connectivity index (χ3v) is 7.30. The summed E-state index contributed by atoms with van der Waals surface area (Å²) < 4.78 is 23.2. The summed E-state index contributed by atoms with van der Waals surface area (Å²) in [6.45, 7) is 3.15. The summed E-state index contributed by atoms with van der Waals surface area (Å²) in [4.78, 5) is 12.8. The van der Waals surface area contributed by atoms with Crippen LogP contribution in [-0.4, -0.2) is 31.9 Å². The molecule has 3 rings (SSSR count). The van der Waals surface area contributed by atoms with E-state index in [0.717, 1.165) is 36.1 Å². The van der Waals surface area contributed by atoms with Crippen molar-refractivity contribution < 1.29 is 23.7 Å². The van der Waals surface area contributed by atoms with Crippen LogP contribution in [0.5, 0.6) is 11.5 Å². The molecule has 39 heavy (non-hydrogen) atoms. The first-order chi connectivity index (χ1) is 19.1. The highest BCUT2D eigenvalue weighted by Gasteiger charge is 2.41. The van der Waals surface area contributed by atoms with E-state index in [2.05, 4.69) is 6.92 Å². The number of benzene rings is 2. The van der Waals surface area contributed by atoms with Crippen molar-refractivity contribution in [1.29, 1.82) is 0 Å². The lowest BCUT2D eigenvalue weighted by Crippen LogP contribution is -2.40. The van der Waals surface area contributed by atoms with E-state index in [9.17, 15) is 4.79 Å². The van der Waals surface area contributed by atoms with Crippen LogP contribution in [0, 0.1) is 0 Å². The van der Waals surface area contributed by atoms with Gasteiger partial charge in [0.05, 0.1) is 20.3 Å². The van der Waals surface area contributed by atoms with Crippen LogP contribution in [0.3, 0.4) is 0 Å². The summed E-state index contributed by atoms with van der Waals surface area (Å²) in [6.07, 6.45) is 18.2. The fraction of sp³-hybridized carbons (Fsp3) is 0.559. The maximum Gasteiger partial charge on any atom is 0.334 e. The molecule has 1 unspecified atom stereocenters. The number of unbranched alkanes of at least 4 members (excludes halogenated alkanes) is 11. The molecule has 0 amide bonds. The van der Waals surface area contributed by atoms with E-state index < -0.39 is 5.60 Å². The van der Waals surface area contributed by atoms with E-state index in [0.29, 0.717) is 12.4 Å². The average molecular weight is 537 g/mol. The summed E-state index contributed by atoms with van der Waals surface area (Å²) in [6, 6.07) is 17.4. The molecular weight excluding hydrogens is 488 g/mol. The minimum Gasteiger partial charge on any atom is -0.497 e. The molecule has 0 radical (unpaired) electrons. The standard InChI is InChI=1S/C34H48O5/c1-3-4-5-6-7-8-9-10-11-12-13-17-20-30-25-34(39-33(30)35,27-37-26-29-18-15-14-16-19-29)28-38-32-23-21-31(36-2)22-24-32/h14-16,18-19,21-25H,3-13,17,20,26-28H2,1-2H3. The van der Waals surface area contributed by atoms with E-state index in [1.807, 2.05) is 60.7 Å². The molecule has 0 spiro atoms. The quantitative estimate of drug-likeness (QED) is 0.118. The van der Waals surface area contributed by atoms with Crippen LogP contribution in [0.25, 0.3) is 0 Å². The third kappa shape index (κ3) is 11.5. The molecule has 2 aromatic rings. The molecule has 0 bridgehead atoms. The number of methoxy groups -OCH3 is 1. The molecular formula is C34H48O5. The second kappa shape index (κ2) is 17.7. The first-order valence-electron chi connectivity index (χ1n) is 15.0. The monoisotopic (exact) mass is 536 g/mol. The molecule has 0 aromatic heterocycles. The first-order valence-corrected chi connectivity index (χ1v) is 15.0. The van der Waals surface area contributed by atoms with Crippen molar-refractivity contribution in [2.24, 2.45) is 0 Å². The topological polar surface area (TPSA) is 54.0 Å². The van der Waals surface area contributed by atoms with Crippen molar-refractivity contribution in [1.82, 2.24) is 0 Å². The summed E-state index contributed by atoms with van der Waals surface area (Å²) in [7, 11) is 1.63. The maximum absolute atomic E-state index is 12.8. The Balaban J connectivity index is 1.45. The van der Waals surface area contributed by atoms with Gasteiger partial charge in [0.1, 0.15) is 18.1 Å². The van der Waals surface area contributed by atoms with Gasteiger partial charge in [-0.05, 0) is 48.7 Å². The Hall–Kier alpha value is -2.79. The Morgan fingerprint density at radius 3 is 1.92 bits per heavy atom. The fourth-order valence-corrected chi connectivity index (χ4v) is 4.96. The molecule has 2 aromatic carbocycles. The minimum absolute atomic E-state index is 0.196. The summed E-state index contributed by atoms with van der Waals surface area (Å²) >= 11 is 0. The van der Waals surface area contributed by atoms with Gasteiger partial charge in [0.2, 0.25) is 0 Å². The molecule has 0 saturated carbocycles. The van der Waals surface area contributed by atoms with E-state index in [4.69, 9.17) is 18.9 Å². The van der Waals surface area contributed by atoms with Gasteiger partial charge in [-0.1, -0.05) is 108 Å². The number of hydrogen-bond acceptors (Lipinski definition) is 5. The van der Waals surface area contributed by atoms with Gasteiger partial charge in [-0.3, -0.25) is 0 Å². The Morgan fingerprint density at radius 1 is 0.718 bits per heavy atom. The number of cyclic esters (lactones) is 1. The van der Waals surface area contributed by atoms with E-state index >= 15 is 0 Å². The van der Waals surface area contributed by atoms with Gasteiger partial charge in [-0.15, -0.1) is 0 Å². The van der Waals surface area contributed by atoms with Crippen molar-refractivity contribution in [2.45, 2.75) is 103 Å². The lowest BCUT2D eigenvalue weighted by Gasteiger charge is -2.26. The molecule has 5 heteroatoms. The molecule has 1 atom stereocenters. The van der Waals surface area contributed by atoms with E-state index in [-0.39, 0.29) is 19.2 Å². The SMILES string of the molecule is CCCCCCCCCCCCCCC1=CC(COCc2ccccc2)(COc2ccc(OC)cc2)OC1=O. The van der Waals surface area contributed by atoms with Crippen LogP contribution >= 0.6 is 0 Å². The molecule has 0 aliphatic carbocycles. The molecule has 0 saturated heterocycles. The Labute approximate surface area is 235 Å². The summed E-state index contributed by atoms with van der Waals surface area (Å²) in [5, 5.41) is 0. The highest BCUT2D eigenvalue weighted by molar-refractivity contribution is 5.91. The average Bonchev–Trinajstić information content (AvgIpc) is 3.28. The largest absolute Gasteiger partial charge is 0.497 e. The Bertz CT molecular complexity index is 969. The lowest BCUT2D eigenvalue weighted by molar-refractivity contribution is -0.154. The number of ether oxygens (including phenoxy) is 4. The Morgan fingerprint density at radius 2 is 1.31 bits per heavy atom. The number of esters is 1. The molecule has 0 N–H and O–H groups in total. The molecule has 214 valence electrons. The fourth-order valence-electron chi connectivity index (χ4n) is 4.96. The number of carbonyl (C=O) groups is 1. The van der Waals surface area contributed by atoms with Crippen LogP contribution in [-0.2, 0) is 20.9 Å². The van der Waals surface area contributed by atoms with Gasteiger partial charge in [0.25, 0.3) is 0 Å². The first kappa shape index (κ1) is 30.7. The zero-order valence-corrected chi connectivity index (χ0v) is 24.1. The van der Waals surface area contributed by atoms with Crippen molar-refractivity contribution >= 4 is 5.97 Å². The highest BCUT2D eigenvalue weighted by atomic mass is 16.6. The molecule has 1 aliphatic heterocycles. The van der Waals surface area contributed by atoms with Crippen molar-refractivity contribution in [3.05, 3.63) is 71.8 Å². The lowest BCUT2D eigenvalue weighted by atomic mass is 10.0. The number of rotatable bonds is 21. The molecule has 0 fully saturated rings. The maximum atomic E-state index is 12.8. The van der Waals surface area contributed by atoms with Gasteiger partial charge in [-0.25, -0.2) is 4.79 Å². The summed E-state index contributed by atoms with van der Waals surface area (Å²) in [5.74, 6) is 1.21. The van der Waals surface area contributed by atoms with Crippen molar-refractivity contribution in [3.8, 4) is 11.5 Å². The second-order valence-corrected chi connectivity index (χ2v) is 10.7. The van der Waals surface area contributed by atoms with Gasteiger partial charge in [0, 0.05) is 5.57 Å². The van der Waals surface area contributed by atoms with Gasteiger partial charge >= 0.3 is 5.97 Å². The van der Waals surface area contributed by atoms with E-state index in [1.165, 1.54) is 64.2 Å². The van der Waals surface area contributed by atoms with Crippen LogP contribution < -0.4 is 9.47 Å². The van der Waals surface area contributed by atoms with Crippen LogP contribution in [0.4, 0.5) is 0 Å². The van der Waals surface area contributed by atoms with Crippen molar-refractivity contribution in [3.63, 3.8) is 0 Å². The van der Waals surface area contributed by atoms with Gasteiger partial charge in [-0.2, -0.15) is 0 Å². The number of hydrogen-bond donors (Lipinski definition) is 0. The van der Waals surface area contributed by atoms with Crippen molar-refractivity contribution in [2.75, 3.05) is 20.3 Å². The van der Waals surface area contributed by atoms with E-state index in [1.54, 1.807) is 7.11 Å². The van der Waals surface area contributed by atoms with Crippen LogP contribution in [0.15, 0.2) is 66.2 Å². The van der Waals surface area contributed by atoms with Gasteiger partial charge < -0.3 is 18.9 Å². The zero-order chi connectivity index (χ0) is 27.6. The zero-order valence-electron chi connectivity index (χ0n) is 24.1. The normalized spacial score (nSPS) is 16.7. The molecule has 1 aliphatic rings. The second-order valence-electron chi connectivity index (χ2n) is 10.7. The highest BCUT2D eigenvalue weighted by Crippen LogP contribution is 2.30. The smallest absolute Gasteiger partial charge is 0.334 e. The summed E-state index contributed by atoms with van der Waals surface area (Å²) in [5.41, 5.74) is 0.885. The predicted molar refractivity (Wildman–Crippen MR) is 157 cm³/mol. The molecule has 5 nitrogen and oxygen atoms in total. The third-order valence-electron chi connectivity index (χ3n) is 7.30. The minimum atomic E-state index is -0.932. The number of carbonyl (C=O) groups excluding carboxylic acids is 1. The van der Waals surface area contributed by atoms with Gasteiger partial charge in [0.15, 0.2) is 5.60 Å².